The Labute approximate surface area is 208 Å². The van der Waals surface area contributed by atoms with Gasteiger partial charge in [0, 0.05) is 44.1 Å². The Hall–Kier alpha value is -3.61. The van der Waals surface area contributed by atoms with Crippen molar-refractivity contribution in [3.05, 3.63) is 47.7 Å². The van der Waals surface area contributed by atoms with Crippen LogP contribution < -0.4 is 31.5 Å². The van der Waals surface area contributed by atoms with Gasteiger partial charge in [-0.25, -0.2) is 15.0 Å². The molecular formula is C24H30N8O4. The zero-order chi connectivity index (χ0) is 24.5. The molecule has 0 radical (unpaired) electrons. The third kappa shape index (κ3) is 4.16. The maximum absolute atomic E-state index is 6.92. The van der Waals surface area contributed by atoms with Crippen LogP contribution in [0, 0.1) is 0 Å². The fraction of sp³-hybridized carbons (Fsp3) is 0.458. The van der Waals surface area contributed by atoms with Gasteiger partial charge in [0.15, 0.2) is 18.0 Å². The molecule has 2 aromatic rings. The highest BCUT2D eigenvalue weighted by atomic mass is 16.5. The lowest BCUT2D eigenvalue weighted by molar-refractivity contribution is 0.0824. The number of methoxy groups -OCH3 is 1. The second-order valence-corrected chi connectivity index (χ2v) is 9.03. The maximum atomic E-state index is 6.92. The Morgan fingerprint density at radius 1 is 1.11 bits per heavy atom. The molecule has 0 spiro atoms. The van der Waals surface area contributed by atoms with E-state index >= 15 is 0 Å². The number of fused-ring (bicyclic) bond motifs is 1. The molecule has 4 aliphatic heterocycles. The minimum Gasteiger partial charge on any atom is -0.496 e. The standard InChI is InChI=1S/C24H30N8O4/c1-33-18-12-16(32-6-10-35-11-7-32)2-3-17(18)24(25)28-22(27-15-4-8-34-9-5-15)20-21(19-13-26-14-36-19)30-31-23(20)29-24/h2-3,12-15H,4-11,25H2,1H3,(H,27,28)(H2,29,30,31). The number of benzene rings is 1. The van der Waals surface area contributed by atoms with Crippen LogP contribution in [0.25, 0.3) is 5.70 Å². The van der Waals surface area contributed by atoms with Gasteiger partial charge in [0.05, 0.1) is 37.7 Å². The monoisotopic (exact) mass is 494 g/mol. The van der Waals surface area contributed by atoms with E-state index in [4.69, 9.17) is 34.3 Å². The third-order valence-electron chi connectivity index (χ3n) is 6.79. The summed E-state index contributed by atoms with van der Waals surface area (Å²) in [5.41, 5.74) is 16.4. The van der Waals surface area contributed by atoms with E-state index in [0.717, 1.165) is 37.2 Å². The molecule has 5 N–H and O–H groups in total. The van der Waals surface area contributed by atoms with Gasteiger partial charge in [-0.2, -0.15) is 0 Å². The number of nitrogens with one attached hydrogen (secondary N) is 3. The number of nitrogens with zero attached hydrogens (tertiary/aromatic N) is 4. The molecule has 12 nitrogen and oxygen atoms in total. The SMILES string of the molecule is COc1cc(N2CCOCC2)ccc1C1(N)N=C2NNC(c3cnco3)=C2C(NC2CCOCC2)=N1. The van der Waals surface area contributed by atoms with Gasteiger partial charge in [-0.1, -0.05) is 0 Å². The zero-order valence-corrected chi connectivity index (χ0v) is 20.1. The highest BCUT2D eigenvalue weighted by molar-refractivity contribution is 6.30. The number of amidine groups is 2. The average molecular weight is 495 g/mol. The summed E-state index contributed by atoms with van der Waals surface area (Å²) in [6.07, 6.45) is 4.77. The van der Waals surface area contributed by atoms with Gasteiger partial charge < -0.3 is 28.8 Å². The molecule has 190 valence electrons. The molecular weight excluding hydrogens is 464 g/mol. The largest absolute Gasteiger partial charge is 0.496 e. The Balaban J connectivity index is 1.41. The molecule has 4 aliphatic rings. The summed E-state index contributed by atoms with van der Waals surface area (Å²) in [6, 6.07) is 6.15. The van der Waals surface area contributed by atoms with Crippen molar-refractivity contribution in [1.82, 2.24) is 21.2 Å². The summed E-state index contributed by atoms with van der Waals surface area (Å²) < 4.78 is 22.4. The van der Waals surface area contributed by atoms with Gasteiger partial charge in [-0.3, -0.25) is 16.6 Å². The van der Waals surface area contributed by atoms with Crippen LogP contribution in [0.2, 0.25) is 0 Å². The fourth-order valence-electron chi connectivity index (χ4n) is 4.89. The molecule has 5 heterocycles. The number of anilines is 1. The molecule has 1 aromatic carbocycles. The molecule has 0 bridgehead atoms. The number of nitrogens with two attached hydrogens (primary N) is 1. The normalized spacial score (nSPS) is 24.4. The summed E-state index contributed by atoms with van der Waals surface area (Å²) in [5, 5.41) is 3.59. The van der Waals surface area contributed by atoms with Gasteiger partial charge in [-0.15, -0.1) is 0 Å². The summed E-state index contributed by atoms with van der Waals surface area (Å²) in [6.45, 7) is 4.44. The predicted molar refractivity (Wildman–Crippen MR) is 133 cm³/mol. The van der Waals surface area contributed by atoms with Gasteiger partial charge in [0.1, 0.15) is 17.3 Å². The molecule has 0 amide bonds. The molecule has 0 saturated carbocycles. The number of hydrogen-bond donors (Lipinski definition) is 4. The quantitative estimate of drug-likeness (QED) is 0.469. The number of aliphatic imine (C=N–C) groups is 2. The van der Waals surface area contributed by atoms with Crippen molar-refractivity contribution in [3.8, 4) is 5.75 Å². The summed E-state index contributed by atoms with van der Waals surface area (Å²) in [7, 11) is 1.63. The zero-order valence-electron chi connectivity index (χ0n) is 20.1. The summed E-state index contributed by atoms with van der Waals surface area (Å²) in [4.78, 5) is 16.1. The number of ether oxygens (including phenoxy) is 3. The van der Waals surface area contributed by atoms with Crippen LogP contribution in [0.5, 0.6) is 5.75 Å². The molecule has 2 fully saturated rings. The van der Waals surface area contributed by atoms with Crippen molar-refractivity contribution in [1.29, 1.82) is 0 Å². The average Bonchev–Trinajstić information content (AvgIpc) is 3.59. The summed E-state index contributed by atoms with van der Waals surface area (Å²) >= 11 is 0. The predicted octanol–water partition coefficient (Wildman–Crippen LogP) is 0.687. The Bertz CT molecular complexity index is 1200. The number of hydrogen-bond acceptors (Lipinski definition) is 12. The Kier molecular flexibility index (Phi) is 5.99. The summed E-state index contributed by atoms with van der Waals surface area (Å²) in [5.74, 6) is 0.965. The fourth-order valence-corrected chi connectivity index (χ4v) is 4.89. The first-order valence-electron chi connectivity index (χ1n) is 12.1. The van der Waals surface area contributed by atoms with Gasteiger partial charge >= 0.3 is 0 Å². The first-order valence-corrected chi connectivity index (χ1v) is 12.1. The van der Waals surface area contributed by atoms with Crippen LogP contribution in [0.15, 0.2) is 50.8 Å². The lowest BCUT2D eigenvalue weighted by Gasteiger charge is -2.33. The molecule has 1 atom stereocenters. The molecule has 2 saturated heterocycles. The molecule has 0 aliphatic carbocycles. The number of oxazole rings is 1. The highest BCUT2D eigenvalue weighted by Crippen LogP contribution is 2.38. The number of aromatic nitrogens is 1. The molecule has 6 rings (SSSR count). The van der Waals surface area contributed by atoms with Crippen molar-refractivity contribution in [2.24, 2.45) is 15.7 Å². The second-order valence-electron chi connectivity index (χ2n) is 9.03. The van der Waals surface area contributed by atoms with Gasteiger partial charge in [-0.05, 0) is 25.0 Å². The molecule has 12 heteroatoms. The van der Waals surface area contributed by atoms with Gasteiger partial charge in [0.25, 0.3) is 0 Å². The number of rotatable bonds is 5. The van der Waals surface area contributed by atoms with Crippen LogP contribution in [0.1, 0.15) is 24.2 Å². The van der Waals surface area contributed by atoms with Crippen LogP contribution in [0.4, 0.5) is 5.69 Å². The van der Waals surface area contributed by atoms with E-state index in [2.05, 4.69) is 26.1 Å². The van der Waals surface area contributed by atoms with Crippen molar-refractivity contribution in [2.75, 3.05) is 51.5 Å². The van der Waals surface area contributed by atoms with Crippen molar-refractivity contribution in [3.63, 3.8) is 0 Å². The van der Waals surface area contributed by atoms with Crippen molar-refractivity contribution >= 4 is 23.1 Å². The topological polar surface area (TPSA) is 144 Å². The van der Waals surface area contributed by atoms with Crippen LogP contribution in [-0.2, 0) is 15.3 Å². The van der Waals surface area contributed by atoms with Crippen molar-refractivity contribution < 1.29 is 18.6 Å². The van der Waals surface area contributed by atoms with Crippen LogP contribution in [0.3, 0.4) is 0 Å². The second kappa shape index (κ2) is 9.45. The lowest BCUT2D eigenvalue weighted by atomic mass is 10.0. The van der Waals surface area contributed by atoms with E-state index in [1.165, 1.54) is 6.39 Å². The van der Waals surface area contributed by atoms with E-state index in [1.54, 1.807) is 13.3 Å². The minimum absolute atomic E-state index is 0.191. The van der Waals surface area contributed by atoms with E-state index in [9.17, 15) is 0 Å². The number of morpholine rings is 1. The van der Waals surface area contributed by atoms with Gasteiger partial charge in [0.2, 0.25) is 5.79 Å². The van der Waals surface area contributed by atoms with E-state index in [0.29, 0.717) is 60.9 Å². The van der Waals surface area contributed by atoms with E-state index in [1.807, 2.05) is 18.2 Å². The Morgan fingerprint density at radius 2 is 1.92 bits per heavy atom. The molecule has 36 heavy (non-hydrogen) atoms. The smallest absolute Gasteiger partial charge is 0.236 e. The van der Waals surface area contributed by atoms with Crippen LogP contribution in [-0.4, -0.2) is 69.3 Å². The Morgan fingerprint density at radius 3 is 2.67 bits per heavy atom. The van der Waals surface area contributed by atoms with E-state index in [-0.39, 0.29) is 6.04 Å². The lowest BCUT2D eigenvalue weighted by Crippen LogP contribution is -2.48. The van der Waals surface area contributed by atoms with Crippen molar-refractivity contribution in [2.45, 2.75) is 24.7 Å². The maximum Gasteiger partial charge on any atom is 0.236 e. The first kappa shape index (κ1) is 22.8. The third-order valence-corrected chi connectivity index (χ3v) is 6.79. The van der Waals surface area contributed by atoms with Crippen LogP contribution >= 0.6 is 0 Å². The highest BCUT2D eigenvalue weighted by Gasteiger charge is 2.41. The minimum atomic E-state index is -1.41. The first-order chi connectivity index (χ1) is 17.6. The van der Waals surface area contributed by atoms with E-state index < -0.39 is 5.79 Å². The molecule has 1 unspecified atom stereocenters. The molecule has 1 aromatic heterocycles. The number of hydrazine groups is 1.